The highest BCUT2D eigenvalue weighted by Gasteiger charge is 2.12. The number of benzene rings is 1. The summed E-state index contributed by atoms with van der Waals surface area (Å²) < 4.78 is 3.11. The van der Waals surface area contributed by atoms with Crippen molar-refractivity contribution in [3.63, 3.8) is 0 Å². The largest absolute Gasteiger partial charge is 0.281 e. The van der Waals surface area contributed by atoms with Crippen LogP contribution in [0.1, 0.15) is 5.82 Å². The highest BCUT2D eigenvalue weighted by Crippen LogP contribution is 2.21. The van der Waals surface area contributed by atoms with Crippen LogP contribution in [0, 0.1) is 0 Å². The second-order valence-corrected chi connectivity index (χ2v) is 5.42. The molecule has 0 unspecified atom stereocenters. The summed E-state index contributed by atoms with van der Waals surface area (Å²) in [7, 11) is 0. The Labute approximate surface area is 124 Å². The minimum Gasteiger partial charge on any atom is -0.281 e. The van der Waals surface area contributed by atoms with Crippen LogP contribution in [0.4, 0.5) is 0 Å². The van der Waals surface area contributed by atoms with Crippen LogP contribution in [-0.4, -0.2) is 20.4 Å². The summed E-state index contributed by atoms with van der Waals surface area (Å²) in [5.74, 6) is 1.48. The molecule has 0 amide bonds. The molecule has 5 heteroatoms. The van der Waals surface area contributed by atoms with E-state index in [2.05, 4.69) is 30.5 Å². The van der Waals surface area contributed by atoms with Crippen LogP contribution in [0.3, 0.4) is 0 Å². The number of alkyl halides is 1. The predicted octanol–water partition coefficient (Wildman–Crippen LogP) is 3.96. The minimum atomic E-state index is 0.542. The van der Waals surface area contributed by atoms with Crippen LogP contribution in [0.2, 0.25) is 0 Å². The molecule has 0 saturated heterocycles. The van der Waals surface area contributed by atoms with Crippen molar-refractivity contribution in [2.24, 2.45) is 0 Å². The normalized spacial score (nSPS) is 11.1. The van der Waals surface area contributed by atoms with Crippen LogP contribution in [0.15, 0.2) is 47.1 Å². The average Bonchev–Trinajstić information content (AvgIpc) is 2.78. The maximum Gasteiger partial charge on any atom is 0.164 e. The van der Waals surface area contributed by atoms with Crippen molar-refractivity contribution < 1.29 is 0 Å². The average molecular weight is 337 g/mol. The zero-order valence-electron chi connectivity index (χ0n) is 10.1. The number of nitrogens with zero attached hydrogens (tertiary/aromatic N) is 3. The lowest BCUT2D eigenvalue weighted by atomic mass is 10.3. The molecule has 0 bridgehead atoms. The summed E-state index contributed by atoms with van der Waals surface area (Å²) >= 11 is 9.31. The van der Waals surface area contributed by atoms with Gasteiger partial charge in [-0.25, -0.2) is 9.97 Å². The van der Waals surface area contributed by atoms with Crippen LogP contribution >= 0.6 is 27.5 Å². The highest BCUT2D eigenvalue weighted by atomic mass is 79.9. The summed E-state index contributed by atoms with van der Waals surface area (Å²) in [6.45, 7) is 0. The predicted molar refractivity (Wildman–Crippen MR) is 81.0 cm³/mol. The van der Waals surface area contributed by atoms with Gasteiger partial charge < -0.3 is 0 Å². The Bertz CT molecular complexity index is 706. The van der Waals surface area contributed by atoms with Crippen LogP contribution in [0.5, 0.6) is 0 Å². The highest BCUT2D eigenvalue weighted by molar-refractivity contribution is 9.10. The molecule has 3 rings (SSSR count). The second-order valence-electron chi connectivity index (χ2n) is 4.12. The number of halogens is 2. The SMILES string of the molecule is ClCCc1nc2cccnc2n1-c1ccc(Br)cc1. The van der Waals surface area contributed by atoms with Crippen molar-refractivity contribution >= 4 is 38.7 Å². The number of hydrogen-bond acceptors (Lipinski definition) is 2. The summed E-state index contributed by atoms with van der Waals surface area (Å²) in [5.41, 5.74) is 2.81. The molecule has 0 aliphatic rings. The Morgan fingerprint density at radius 3 is 2.68 bits per heavy atom. The molecule has 3 aromatic rings. The Morgan fingerprint density at radius 1 is 1.16 bits per heavy atom. The van der Waals surface area contributed by atoms with E-state index in [-0.39, 0.29) is 0 Å². The Morgan fingerprint density at radius 2 is 1.95 bits per heavy atom. The van der Waals surface area contributed by atoms with Crippen molar-refractivity contribution in [1.82, 2.24) is 14.5 Å². The monoisotopic (exact) mass is 335 g/mol. The fourth-order valence-electron chi connectivity index (χ4n) is 2.07. The van der Waals surface area contributed by atoms with Gasteiger partial charge in [-0.3, -0.25) is 4.57 Å². The number of fused-ring (bicyclic) bond motifs is 1. The van der Waals surface area contributed by atoms with Gasteiger partial charge in [0, 0.05) is 28.7 Å². The molecule has 2 aromatic heterocycles. The van der Waals surface area contributed by atoms with Crippen molar-refractivity contribution in [3.8, 4) is 5.69 Å². The van der Waals surface area contributed by atoms with Crippen molar-refractivity contribution in [3.05, 3.63) is 52.9 Å². The van der Waals surface area contributed by atoms with Crippen LogP contribution in [0.25, 0.3) is 16.9 Å². The first kappa shape index (κ1) is 12.6. The molecular formula is C14H11BrClN3. The molecule has 0 atom stereocenters. The smallest absolute Gasteiger partial charge is 0.164 e. The summed E-state index contributed by atoms with van der Waals surface area (Å²) in [6.07, 6.45) is 2.50. The van der Waals surface area contributed by atoms with Gasteiger partial charge in [0.2, 0.25) is 0 Å². The number of pyridine rings is 1. The van der Waals surface area contributed by atoms with Crippen LogP contribution < -0.4 is 0 Å². The molecule has 0 N–H and O–H groups in total. The molecule has 2 heterocycles. The Kier molecular flexibility index (Phi) is 3.53. The number of hydrogen-bond donors (Lipinski definition) is 0. The molecule has 0 fully saturated rings. The van der Waals surface area contributed by atoms with Crippen molar-refractivity contribution in [2.75, 3.05) is 5.88 Å². The van der Waals surface area contributed by atoms with E-state index < -0.39 is 0 Å². The number of imidazole rings is 1. The van der Waals surface area contributed by atoms with Gasteiger partial charge in [-0.2, -0.15) is 0 Å². The first-order chi connectivity index (χ1) is 9.29. The topological polar surface area (TPSA) is 30.7 Å². The minimum absolute atomic E-state index is 0.542. The Balaban J connectivity index is 2.24. The van der Waals surface area contributed by atoms with Gasteiger partial charge in [-0.1, -0.05) is 15.9 Å². The quantitative estimate of drug-likeness (QED) is 0.678. The van der Waals surface area contributed by atoms with E-state index in [4.69, 9.17) is 11.6 Å². The lowest BCUT2D eigenvalue weighted by Gasteiger charge is -2.07. The summed E-state index contributed by atoms with van der Waals surface area (Å²) in [6, 6.07) is 12.0. The molecule has 0 radical (unpaired) electrons. The second kappa shape index (κ2) is 5.31. The molecule has 96 valence electrons. The van der Waals surface area contributed by atoms with E-state index >= 15 is 0 Å². The molecule has 0 saturated carbocycles. The first-order valence-corrected chi connectivity index (χ1v) is 7.26. The van der Waals surface area contributed by atoms with Gasteiger partial charge in [0.25, 0.3) is 0 Å². The summed E-state index contributed by atoms with van der Waals surface area (Å²) in [4.78, 5) is 9.03. The third kappa shape index (κ3) is 2.38. The molecule has 0 aliphatic heterocycles. The number of aromatic nitrogens is 3. The first-order valence-electron chi connectivity index (χ1n) is 5.94. The van der Waals surface area contributed by atoms with Gasteiger partial charge in [-0.15, -0.1) is 11.6 Å². The fourth-order valence-corrected chi connectivity index (χ4v) is 2.51. The Hall–Kier alpha value is -1.39. The maximum atomic E-state index is 5.87. The fraction of sp³-hybridized carbons (Fsp3) is 0.143. The third-order valence-electron chi connectivity index (χ3n) is 2.89. The zero-order chi connectivity index (χ0) is 13.2. The van der Waals surface area contributed by atoms with Crippen molar-refractivity contribution in [2.45, 2.75) is 6.42 Å². The third-order valence-corrected chi connectivity index (χ3v) is 3.61. The van der Waals surface area contributed by atoms with Gasteiger partial charge in [-0.05, 0) is 36.4 Å². The maximum absolute atomic E-state index is 5.87. The number of rotatable bonds is 3. The van der Waals surface area contributed by atoms with E-state index in [1.165, 1.54) is 0 Å². The van der Waals surface area contributed by atoms with Gasteiger partial charge in [0.1, 0.15) is 11.3 Å². The number of aryl methyl sites for hydroxylation is 1. The molecule has 3 nitrogen and oxygen atoms in total. The van der Waals surface area contributed by atoms with Crippen LogP contribution in [-0.2, 0) is 6.42 Å². The van der Waals surface area contributed by atoms with E-state index in [9.17, 15) is 0 Å². The lowest BCUT2D eigenvalue weighted by molar-refractivity contribution is 0.905. The molecule has 0 aliphatic carbocycles. The summed E-state index contributed by atoms with van der Waals surface area (Å²) in [5, 5.41) is 0. The van der Waals surface area contributed by atoms with Gasteiger partial charge in [0.15, 0.2) is 5.65 Å². The molecule has 19 heavy (non-hydrogen) atoms. The standard InChI is InChI=1S/C14H11BrClN3/c15-10-3-5-11(6-4-10)19-13(7-8-16)18-12-2-1-9-17-14(12)19/h1-6,9H,7-8H2. The van der Waals surface area contributed by atoms with E-state index in [0.29, 0.717) is 12.3 Å². The van der Waals surface area contributed by atoms with E-state index in [0.717, 1.165) is 27.1 Å². The van der Waals surface area contributed by atoms with Crippen molar-refractivity contribution in [1.29, 1.82) is 0 Å². The molecular weight excluding hydrogens is 326 g/mol. The lowest BCUT2D eigenvalue weighted by Crippen LogP contribution is -2.02. The van der Waals surface area contributed by atoms with Gasteiger partial charge >= 0.3 is 0 Å². The van der Waals surface area contributed by atoms with E-state index in [1.54, 1.807) is 6.20 Å². The zero-order valence-corrected chi connectivity index (χ0v) is 12.4. The van der Waals surface area contributed by atoms with Gasteiger partial charge in [0.05, 0.1) is 0 Å². The van der Waals surface area contributed by atoms with E-state index in [1.807, 2.05) is 36.4 Å². The molecule has 0 spiro atoms. The molecule has 1 aromatic carbocycles.